The Morgan fingerprint density at radius 2 is 1.33 bits per heavy atom. The number of carboxylic acid groups (broad SMARTS) is 1. The van der Waals surface area contributed by atoms with Crippen LogP contribution in [0.15, 0.2) is 0 Å². The molecule has 0 aliphatic rings. The Morgan fingerprint density at radius 1 is 1.33 bits per heavy atom. The van der Waals surface area contributed by atoms with E-state index < -0.39 is 13.8 Å². The van der Waals surface area contributed by atoms with Gasteiger partial charge in [-0.25, -0.2) is 4.57 Å². The topological polar surface area (TPSA) is 135 Å². The van der Waals surface area contributed by atoms with Gasteiger partial charge >= 0.3 is 7.82 Å². The molecule has 8 heteroatoms. The van der Waals surface area contributed by atoms with E-state index in [1.807, 2.05) is 0 Å². The summed E-state index contributed by atoms with van der Waals surface area (Å²) in [5, 5.41) is 15.0. The van der Waals surface area contributed by atoms with Crippen LogP contribution in [0.1, 0.15) is 13.8 Å². The zero-order valence-corrected chi connectivity index (χ0v) is 7.60. The fraction of sp³-hybridized carbons (Fsp3) is 0.750. The molecule has 7 nitrogen and oxygen atoms in total. The quantitative estimate of drug-likeness (QED) is 0.324. The average molecular weight is 204 g/mol. The van der Waals surface area contributed by atoms with Gasteiger partial charge in [-0.15, -0.1) is 0 Å². The van der Waals surface area contributed by atoms with Crippen LogP contribution in [0.4, 0.5) is 0 Å². The van der Waals surface area contributed by atoms with Gasteiger partial charge in [0.05, 0.1) is 0 Å². The van der Waals surface area contributed by atoms with E-state index in [4.69, 9.17) is 34.3 Å². The molecule has 0 amide bonds. The van der Waals surface area contributed by atoms with Gasteiger partial charge in [0, 0.05) is 13.5 Å². The number of hydrogen-bond donors (Lipinski definition) is 5. The van der Waals surface area contributed by atoms with Crippen molar-refractivity contribution in [3.8, 4) is 0 Å². The predicted octanol–water partition coefficient (Wildman–Crippen LogP) is -0.839. The van der Waals surface area contributed by atoms with Gasteiger partial charge in [0.15, 0.2) is 0 Å². The van der Waals surface area contributed by atoms with Gasteiger partial charge in [-0.1, -0.05) is 0 Å². The first-order chi connectivity index (χ1) is 5.15. The maximum Gasteiger partial charge on any atom is 0.466 e. The van der Waals surface area contributed by atoms with Crippen LogP contribution in [0.2, 0.25) is 0 Å². The van der Waals surface area contributed by atoms with Gasteiger partial charge in [0.25, 0.3) is 5.97 Å². The normalized spacial score (nSPS) is 8.50. The van der Waals surface area contributed by atoms with Crippen LogP contribution in [-0.4, -0.2) is 37.5 Å². The molecule has 0 fully saturated rings. The summed E-state index contributed by atoms with van der Waals surface area (Å²) in [6.07, 6.45) is 0. The number of hydrogen-bond acceptors (Lipinski definition) is 3. The molecule has 0 aromatic heterocycles. The highest BCUT2D eigenvalue weighted by atomic mass is 31.2. The number of carbonyl (C=O) groups is 1. The maximum absolute atomic E-state index is 9.00. The van der Waals surface area contributed by atoms with Crippen molar-refractivity contribution >= 4 is 13.8 Å². The molecular weight excluding hydrogens is 191 g/mol. The van der Waals surface area contributed by atoms with Crippen LogP contribution in [0.3, 0.4) is 0 Å². The zero-order valence-electron chi connectivity index (χ0n) is 6.71. The summed E-state index contributed by atoms with van der Waals surface area (Å²) in [6, 6.07) is 0. The van der Waals surface area contributed by atoms with Crippen LogP contribution >= 0.6 is 7.82 Å². The molecule has 0 bridgehead atoms. The third-order valence-electron chi connectivity index (χ3n) is 0. The largest absolute Gasteiger partial charge is 0.481 e. The Labute approximate surface area is 69.5 Å². The Kier molecular flexibility index (Phi) is 15.4. The second-order valence-corrected chi connectivity index (χ2v) is 2.38. The second-order valence-electron chi connectivity index (χ2n) is 1.35. The number of rotatable bonds is 0. The minimum absolute atomic E-state index is 0.250. The molecule has 0 aliphatic heterocycles. The Hall–Kier alpha value is -0.460. The van der Waals surface area contributed by atoms with E-state index in [1.165, 1.54) is 0 Å². The highest BCUT2D eigenvalue weighted by molar-refractivity contribution is 7.45. The standard InChI is InChI=1S/C2H4O2.C2H6O.H3O4P/c1-2(3)4;1-2-3;1-5(2,3)4/h1H3,(H,3,4);3H,2H2,1H3;(H3,1,2,3,4). The van der Waals surface area contributed by atoms with Crippen molar-refractivity contribution in [1.29, 1.82) is 0 Å². The summed E-state index contributed by atoms with van der Waals surface area (Å²) < 4.78 is 8.88. The van der Waals surface area contributed by atoms with Crippen molar-refractivity contribution in [2.24, 2.45) is 0 Å². The molecule has 0 saturated heterocycles. The van der Waals surface area contributed by atoms with Crippen LogP contribution in [-0.2, 0) is 9.36 Å². The summed E-state index contributed by atoms with van der Waals surface area (Å²) >= 11 is 0. The summed E-state index contributed by atoms with van der Waals surface area (Å²) in [5.74, 6) is -0.833. The lowest BCUT2D eigenvalue weighted by Crippen LogP contribution is -1.78. The number of carboxylic acids is 1. The molecule has 0 saturated carbocycles. The van der Waals surface area contributed by atoms with Crippen molar-refractivity contribution in [1.82, 2.24) is 0 Å². The Balaban J connectivity index is -0.000000105. The van der Waals surface area contributed by atoms with Gasteiger partial charge in [0.1, 0.15) is 0 Å². The van der Waals surface area contributed by atoms with Gasteiger partial charge < -0.3 is 24.9 Å². The van der Waals surface area contributed by atoms with Crippen molar-refractivity contribution in [2.45, 2.75) is 13.8 Å². The van der Waals surface area contributed by atoms with Crippen LogP contribution in [0.5, 0.6) is 0 Å². The van der Waals surface area contributed by atoms with Crippen LogP contribution < -0.4 is 0 Å². The molecule has 0 aliphatic carbocycles. The fourth-order valence-electron chi connectivity index (χ4n) is 0. The molecule has 0 aromatic carbocycles. The third kappa shape index (κ3) is 3290. The zero-order chi connectivity index (χ0) is 10.8. The molecule has 0 spiro atoms. The van der Waals surface area contributed by atoms with E-state index >= 15 is 0 Å². The van der Waals surface area contributed by atoms with Gasteiger partial charge in [-0.2, -0.15) is 0 Å². The maximum atomic E-state index is 9.00. The predicted molar refractivity (Wildman–Crippen MR) is 40.3 cm³/mol. The Bertz CT molecular complexity index is 126. The SMILES string of the molecule is CC(=O)O.CCO.O=P(O)(O)O. The van der Waals surface area contributed by atoms with Crippen LogP contribution in [0, 0.1) is 0 Å². The molecular formula is C4H13O7P. The highest BCUT2D eigenvalue weighted by Crippen LogP contribution is 2.25. The minimum atomic E-state index is -4.64. The second kappa shape index (κ2) is 10.5. The monoisotopic (exact) mass is 204 g/mol. The molecule has 0 aromatic rings. The molecule has 0 rings (SSSR count). The lowest BCUT2D eigenvalue weighted by atomic mass is 10.9. The van der Waals surface area contributed by atoms with E-state index in [9.17, 15) is 0 Å². The lowest BCUT2D eigenvalue weighted by molar-refractivity contribution is -0.134. The Morgan fingerprint density at radius 3 is 1.33 bits per heavy atom. The van der Waals surface area contributed by atoms with Crippen molar-refractivity contribution in [3.63, 3.8) is 0 Å². The average Bonchev–Trinajstić information content (AvgIpc) is 1.56. The summed E-state index contributed by atoms with van der Waals surface area (Å²) in [5.41, 5.74) is 0. The number of phosphoric acid groups is 1. The third-order valence-corrected chi connectivity index (χ3v) is 0. The summed E-state index contributed by atoms with van der Waals surface area (Å²) in [6.45, 7) is 3.01. The molecule has 0 atom stereocenters. The van der Waals surface area contributed by atoms with E-state index in [0.717, 1.165) is 6.92 Å². The van der Waals surface area contributed by atoms with Crippen LogP contribution in [0.25, 0.3) is 0 Å². The van der Waals surface area contributed by atoms with E-state index in [1.54, 1.807) is 6.92 Å². The molecule has 0 heterocycles. The van der Waals surface area contributed by atoms with Crippen molar-refractivity contribution in [2.75, 3.05) is 6.61 Å². The first kappa shape index (κ1) is 17.6. The highest BCUT2D eigenvalue weighted by Gasteiger charge is 2.00. The van der Waals surface area contributed by atoms with Gasteiger partial charge in [0.2, 0.25) is 0 Å². The number of aliphatic hydroxyl groups is 1. The number of aliphatic hydroxyl groups excluding tert-OH is 1. The minimum Gasteiger partial charge on any atom is -0.481 e. The molecule has 76 valence electrons. The summed E-state index contributed by atoms with van der Waals surface area (Å²) in [4.78, 5) is 30.6. The smallest absolute Gasteiger partial charge is 0.466 e. The molecule has 0 radical (unpaired) electrons. The molecule has 12 heavy (non-hydrogen) atoms. The first-order valence-corrected chi connectivity index (χ1v) is 4.30. The van der Waals surface area contributed by atoms with E-state index in [-0.39, 0.29) is 6.61 Å². The van der Waals surface area contributed by atoms with E-state index in [0.29, 0.717) is 0 Å². The molecule has 0 unspecified atom stereocenters. The fourth-order valence-corrected chi connectivity index (χ4v) is 0. The number of aliphatic carboxylic acids is 1. The van der Waals surface area contributed by atoms with Gasteiger partial charge in [-0.05, 0) is 6.92 Å². The lowest BCUT2D eigenvalue weighted by Gasteiger charge is -1.82. The molecule has 5 N–H and O–H groups in total. The van der Waals surface area contributed by atoms with Crippen molar-refractivity contribution in [3.05, 3.63) is 0 Å². The first-order valence-electron chi connectivity index (χ1n) is 2.73. The van der Waals surface area contributed by atoms with Crippen molar-refractivity contribution < 1.29 is 34.3 Å². The van der Waals surface area contributed by atoms with E-state index in [2.05, 4.69) is 0 Å². The summed E-state index contributed by atoms with van der Waals surface area (Å²) in [7, 11) is -4.64. The van der Waals surface area contributed by atoms with Gasteiger partial charge in [-0.3, -0.25) is 4.79 Å².